The van der Waals surface area contributed by atoms with Gasteiger partial charge in [0, 0.05) is 0 Å². The van der Waals surface area contributed by atoms with Gasteiger partial charge in [-0.05, 0) is 17.5 Å². The van der Waals surface area contributed by atoms with Crippen molar-refractivity contribution in [3.05, 3.63) is 30.2 Å². The molecule has 0 aliphatic heterocycles. The van der Waals surface area contributed by atoms with Crippen LogP contribution in [0.25, 0.3) is 0 Å². The van der Waals surface area contributed by atoms with Gasteiger partial charge in [0.1, 0.15) is 6.61 Å². The topological polar surface area (TPSA) is 9.23 Å². The monoisotopic (exact) mass is 140 g/mol. The third-order valence-corrected chi connectivity index (χ3v) is 1.62. The van der Waals surface area contributed by atoms with Gasteiger partial charge in [0.2, 0.25) is 0 Å². The molecule has 0 N–H and O–H groups in total. The van der Waals surface area contributed by atoms with Crippen molar-refractivity contribution < 1.29 is 4.74 Å². The molecule has 0 radical (unpaired) electrons. The third-order valence-electron chi connectivity index (χ3n) is 0.839. The fourth-order valence-corrected chi connectivity index (χ4v) is 1.07. The molecule has 0 saturated heterocycles. The molecule has 0 fully saturated rings. The second kappa shape index (κ2) is 3.30. The highest BCUT2D eigenvalue weighted by Crippen LogP contribution is 2.17. The normalized spacial score (nSPS) is 8.89. The summed E-state index contributed by atoms with van der Waals surface area (Å²) in [7, 11) is 0. The van der Waals surface area contributed by atoms with Crippen molar-refractivity contribution in [3.8, 4) is 5.06 Å². The van der Waals surface area contributed by atoms with Gasteiger partial charge in [-0.15, -0.1) is 11.3 Å². The van der Waals surface area contributed by atoms with E-state index in [-0.39, 0.29) is 0 Å². The first-order chi connectivity index (χ1) is 4.43. The molecule has 0 saturated carbocycles. The van der Waals surface area contributed by atoms with E-state index in [1.165, 1.54) is 0 Å². The van der Waals surface area contributed by atoms with E-state index in [0.717, 1.165) is 5.06 Å². The summed E-state index contributed by atoms with van der Waals surface area (Å²) in [5.41, 5.74) is 0. The maximum atomic E-state index is 5.20. The second-order valence-electron chi connectivity index (χ2n) is 1.53. The van der Waals surface area contributed by atoms with E-state index in [1.807, 2.05) is 17.5 Å². The van der Waals surface area contributed by atoms with Crippen LogP contribution in [0.15, 0.2) is 30.2 Å². The summed E-state index contributed by atoms with van der Waals surface area (Å²) in [5, 5.41) is 2.94. The van der Waals surface area contributed by atoms with Crippen molar-refractivity contribution in [2.45, 2.75) is 0 Å². The van der Waals surface area contributed by atoms with Crippen LogP contribution in [0.2, 0.25) is 0 Å². The first kappa shape index (κ1) is 6.36. The van der Waals surface area contributed by atoms with Crippen molar-refractivity contribution >= 4 is 11.3 Å². The van der Waals surface area contributed by atoms with Crippen molar-refractivity contribution in [2.75, 3.05) is 6.61 Å². The van der Waals surface area contributed by atoms with Gasteiger partial charge in [0.25, 0.3) is 0 Å². The Morgan fingerprint density at radius 1 is 1.78 bits per heavy atom. The van der Waals surface area contributed by atoms with E-state index in [4.69, 9.17) is 4.74 Å². The number of rotatable bonds is 3. The lowest BCUT2D eigenvalue weighted by atomic mass is 10.6. The summed E-state index contributed by atoms with van der Waals surface area (Å²) in [5.74, 6) is 0. The molecule has 0 atom stereocenters. The highest BCUT2D eigenvalue weighted by Gasteiger charge is 1.87. The van der Waals surface area contributed by atoms with E-state index < -0.39 is 0 Å². The summed E-state index contributed by atoms with van der Waals surface area (Å²) < 4.78 is 5.20. The van der Waals surface area contributed by atoms with Crippen molar-refractivity contribution in [1.29, 1.82) is 0 Å². The lowest BCUT2D eigenvalue weighted by molar-refractivity contribution is 0.374. The fourth-order valence-electron chi connectivity index (χ4n) is 0.487. The molecule has 0 aromatic carbocycles. The average molecular weight is 140 g/mol. The number of thiophene rings is 1. The fraction of sp³-hybridized carbons (Fsp3) is 0.143. The molecule has 1 aromatic rings. The maximum absolute atomic E-state index is 5.20. The Morgan fingerprint density at radius 3 is 3.22 bits per heavy atom. The van der Waals surface area contributed by atoms with E-state index >= 15 is 0 Å². The molecule has 1 heterocycles. The summed E-state index contributed by atoms with van der Waals surface area (Å²) in [6, 6.07) is 3.90. The smallest absolute Gasteiger partial charge is 0.174 e. The summed E-state index contributed by atoms with van der Waals surface area (Å²) in [6.45, 7) is 4.14. The minimum Gasteiger partial charge on any atom is -0.480 e. The van der Waals surface area contributed by atoms with Gasteiger partial charge in [-0.2, -0.15) is 0 Å². The Hall–Kier alpha value is -0.760. The summed E-state index contributed by atoms with van der Waals surface area (Å²) in [4.78, 5) is 0. The predicted octanol–water partition coefficient (Wildman–Crippen LogP) is 2.31. The quantitative estimate of drug-likeness (QED) is 0.585. The Labute approximate surface area is 58.6 Å². The van der Waals surface area contributed by atoms with Crippen LogP contribution >= 0.6 is 11.3 Å². The minimum absolute atomic E-state index is 0.598. The zero-order valence-electron chi connectivity index (χ0n) is 5.04. The van der Waals surface area contributed by atoms with Crippen molar-refractivity contribution in [1.82, 2.24) is 0 Å². The largest absolute Gasteiger partial charge is 0.480 e. The Kier molecular flexibility index (Phi) is 2.33. The van der Waals surface area contributed by atoms with Gasteiger partial charge < -0.3 is 4.74 Å². The van der Waals surface area contributed by atoms with Crippen LogP contribution in [0.5, 0.6) is 5.06 Å². The summed E-state index contributed by atoms with van der Waals surface area (Å²) >= 11 is 1.59. The number of ether oxygens (including phenoxy) is 1. The molecule has 0 amide bonds. The van der Waals surface area contributed by atoms with Gasteiger partial charge in [-0.1, -0.05) is 12.7 Å². The van der Waals surface area contributed by atoms with E-state index in [1.54, 1.807) is 17.4 Å². The Morgan fingerprint density at radius 2 is 2.67 bits per heavy atom. The van der Waals surface area contributed by atoms with Crippen molar-refractivity contribution in [2.24, 2.45) is 0 Å². The highest BCUT2D eigenvalue weighted by molar-refractivity contribution is 7.11. The summed E-state index contributed by atoms with van der Waals surface area (Å²) in [6.07, 6.45) is 1.74. The molecule has 0 unspecified atom stereocenters. The van der Waals surface area contributed by atoms with Crippen LogP contribution in [0.1, 0.15) is 0 Å². The molecular weight excluding hydrogens is 132 g/mol. The van der Waals surface area contributed by atoms with E-state index in [2.05, 4.69) is 6.58 Å². The standard InChI is InChI=1S/C7H8OS/c1-2-5-8-7-4-3-6-9-7/h2-4,6H,1,5H2. The first-order valence-electron chi connectivity index (χ1n) is 2.70. The Bertz CT molecular complexity index is 167. The molecule has 2 heteroatoms. The van der Waals surface area contributed by atoms with Crippen LogP contribution in [0.4, 0.5) is 0 Å². The maximum Gasteiger partial charge on any atom is 0.174 e. The zero-order valence-corrected chi connectivity index (χ0v) is 5.86. The van der Waals surface area contributed by atoms with Crippen LogP contribution in [0, 0.1) is 0 Å². The number of hydrogen-bond donors (Lipinski definition) is 0. The molecule has 1 aromatic heterocycles. The van der Waals surface area contributed by atoms with E-state index in [0.29, 0.717) is 6.61 Å². The molecule has 0 aliphatic rings. The molecule has 48 valence electrons. The lowest BCUT2D eigenvalue weighted by Crippen LogP contribution is -1.88. The van der Waals surface area contributed by atoms with Gasteiger partial charge in [0.05, 0.1) is 0 Å². The highest BCUT2D eigenvalue weighted by atomic mass is 32.1. The predicted molar refractivity (Wildman–Crippen MR) is 40.0 cm³/mol. The second-order valence-corrected chi connectivity index (χ2v) is 2.44. The van der Waals surface area contributed by atoms with Crippen LogP contribution < -0.4 is 4.74 Å². The van der Waals surface area contributed by atoms with Gasteiger partial charge in [0.15, 0.2) is 5.06 Å². The molecule has 0 bridgehead atoms. The third kappa shape index (κ3) is 1.90. The molecule has 0 aliphatic carbocycles. The van der Waals surface area contributed by atoms with Crippen LogP contribution in [-0.2, 0) is 0 Å². The minimum atomic E-state index is 0.598. The van der Waals surface area contributed by atoms with Gasteiger partial charge >= 0.3 is 0 Å². The van der Waals surface area contributed by atoms with Crippen LogP contribution in [-0.4, -0.2) is 6.61 Å². The lowest BCUT2D eigenvalue weighted by Gasteiger charge is -1.94. The van der Waals surface area contributed by atoms with Crippen LogP contribution in [0.3, 0.4) is 0 Å². The molecule has 9 heavy (non-hydrogen) atoms. The molecular formula is C7H8OS. The van der Waals surface area contributed by atoms with Gasteiger partial charge in [-0.25, -0.2) is 0 Å². The molecule has 1 nitrogen and oxygen atoms in total. The Balaban J connectivity index is 2.38. The zero-order chi connectivity index (χ0) is 6.53. The number of hydrogen-bond acceptors (Lipinski definition) is 2. The first-order valence-corrected chi connectivity index (χ1v) is 3.58. The average Bonchev–Trinajstić information content (AvgIpc) is 2.34. The van der Waals surface area contributed by atoms with E-state index in [9.17, 15) is 0 Å². The SMILES string of the molecule is C=CCOc1cccs1. The molecule has 1 rings (SSSR count). The van der Waals surface area contributed by atoms with Gasteiger partial charge in [-0.3, -0.25) is 0 Å². The van der Waals surface area contributed by atoms with Crippen molar-refractivity contribution in [3.63, 3.8) is 0 Å². The molecule has 0 spiro atoms.